The van der Waals surface area contributed by atoms with Gasteiger partial charge in [0.05, 0.1) is 21.4 Å². The number of nitrogens with zero attached hydrogens (tertiary/aromatic N) is 4. The number of likely N-dealkylation sites (tertiary alicyclic amines) is 1. The largest absolute Gasteiger partial charge is 0.357 e. The highest BCUT2D eigenvalue weighted by Gasteiger charge is 2.20. The van der Waals surface area contributed by atoms with E-state index in [9.17, 15) is 0 Å². The Kier molecular flexibility index (Phi) is 11.7. The summed E-state index contributed by atoms with van der Waals surface area (Å²) < 4.78 is 0. The molecule has 0 aromatic carbocycles. The predicted molar refractivity (Wildman–Crippen MR) is 144 cm³/mol. The smallest absolute Gasteiger partial charge is 0.191 e. The molecule has 9 heteroatoms. The number of aliphatic imine (C=N–C) groups is 1. The number of hydrogen-bond donors (Lipinski definition) is 2. The van der Waals surface area contributed by atoms with Crippen LogP contribution in [-0.4, -0.2) is 53.6 Å². The maximum absolute atomic E-state index is 4.86. The normalized spacial score (nSPS) is 15.7. The Labute approximate surface area is 212 Å². The van der Waals surface area contributed by atoms with Crippen LogP contribution in [-0.2, 0) is 19.4 Å². The van der Waals surface area contributed by atoms with Gasteiger partial charge in [-0.2, -0.15) is 0 Å². The van der Waals surface area contributed by atoms with E-state index in [1.165, 1.54) is 33.4 Å². The van der Waals surface area contributed by atoms with Gasteiger partial charge >= 0.3 is 0 Å². The van der Waals surface area contributed by atoms with Gasteiger partial charge in [-0.15, -0.1) is 46.7 Å². The average molecular weight is 577 g/mol. The van der Waals surface area contributed by atoms with Crippen molar-refractivity contribution in [2.24, 2.45) is 10.9 Å². The summed E-state index contributed by atoms with van der Waals surface area (Å²) in [6.07, 6.45) is 4.41. The first-order valence-corrected chi connectivity index (χ1v) is 12.9. The zero-order valence-corrected chi connectivity index (χ0v) is 23.2. The lowest BCUT2D eigenvalue weighted by molar-refractivity contribution is 0.179. The van der Waals surface area contributed by atoms with Crippen molar-refractivity contribution in [3.05, 3.63) is 31.7 Å². The van der Waals surface area contributed by atoms with Gasteiger partial charge in [0, 0.05) is 42.9 Å². The van der Waals surface area contributed by atoms with Crippen molar-refractivity contribution < 1.29 is 0 Å². The van der Waals surface area contributed by atoms with Crippen molar-refractivity contribution in [3.8, 4) is 0 Å². The molecule has 1 saturated heterocycles. The van der Waals surface area contributed by atoms with E-state index in [4.69, 9.17) is 9.98 Å². The molecule has 0 unspecified atom stereocenters. The van der Waals surface area contributed by atoms with Gasteiger partial charge in [-0.05, 0) is 59.0 Å². The van der Waals surface area contributed by atoms with Crippen molar-refractivity contribution in [2.45, 2.75) is 59.9 Å². The minimum atomic E-state index is 0. The monoisotopic (exact) mass is 576 g/mol. The summed E-state index contributed by atoms with van der Waals surface area (Å²) in [5.74, 6) is 1.60. The van der Waals surface area contributed by atoms with Gasteiger partial charge < -0.3 is 10.6 Å². The van der Waals surface area contributed by atoms with Crippen molar-refractivity contribution in [2.75, 3.05) is 32.7 Å². The summed E-state index contributed by atoms with van der Waals surface area (Å²) in [6.45, 7) is 14.4. The summed E-state index contributed by atoms with van der Waals surface area (Å²) >= 11 is 3.59. The number of nitrogens with one attached hydrogen (secondary N) is 2. The molecule has 31 heavy (non-hydrogen) atoms. The molecule has 0 radical (unpaired) electrons. The van der Waals surface area contributed by atoms with E-state index in [-0.39, 0.29) is 24.0 Å². The van der Waals surface area contributed by atoms with Crippen LogP contribution in [0.2, 0.25) is 0 Å². The molecule has 0 atom stereocenters. The van der Waals surface area contributed by atoms with Crippen LogP contribution in [0.4, 0.5) is 0 Å². The van der Waals surface area contributed by atoms with E-state index < -0.39 is 0 Å². The lowest BCUT2D eigenvalue weighted by Gasteiger charge is -2.30. The molecule has 0 bridgehead atoms. The molecule has 2 aromatic heterocycles. The molecule has 1 aliphatic heterocycles. The summed E-state index contributed by atoms with van der Waals surface area (Å²) in [7, 11) is 0. The minimum Gasteiger partial charge on any atom is -0.357 e. The third-order valence-electron chi connectivity index (χ3n) is 5.55. The topological polar surface area (TPSA) is 65.4 Å². The Morgan fingerprint density at radius 1 is 1.16 bits per heavy atom. The fourth-order valence-electron chi connectivity index (χ4n) is 3.64. The Bertz CT molecular complexity index is 791. The maximum atomic E-state index is 4.86. The number of halogens is 1. The fraction of sp³-hybridized carbons (Fsp3) is 0.682. The molecule has 174 valence electrons. The zero-order chi connectivity index (χ0) is 21.3. The first-order chi connectivity index (χ1) is 14.6. The van der Waals surface area contributed by atoms with Gasteiger partial charge in [0.15, 0.2) is 5.96 Å². The average Bonchev–Trinajstić information content (AvgIpc) is 3.33. The number of guanidine groups is 1. The molecule has 6 nitrogen and oxygen atoms in total. The highest BCUT2D eigenvalue weighted by atomic mass is 127. The molecule has 2 aromatic rings. The Hall–Kier alpha value is -0.780. The molecule has 0 aliphatic carbocycles. The standard InChI is InChI=1S/C22H36N6S2.HI/c1-5-20-27-19(15-29-20)14-28-11-8-18(9-12-28)13-25-22(23-6-2)24-10-7-21-26-16(3)17(4)30-21;/h15,18H,5-14H2,1-4H3,(H2,23,24,25);1H. The molecular weight excluding hydrogens is 539 g/mol. The molecule has 0 saturated carbocycles. The summed E-state index contributed by atoms with van der Waals surface area (Å²) in [5.41, 5.74) is 2.39. The summed E-state index contributed by atoms with van der Waals surface area (Å²) in [4.78, 5) is 18.1. The first-order valence-electron chi connectivity index (χ1n) is 11.2. The molecule has 1 aliphatic rings. The Morgan fingerprint density at radius 2 is 1.94 bits per heavy atom. The first kappa shape index (κ1) is 26.5. The molecular formula is C22H37IN6S2. The molecule has 3 rings (SSSR count). The van der Waals surface area contributed by atoms with Gasteiger partial charge in [-0.3, -0.25) is 9.89 Å². The summed E-state index contributed by atoms with van der Waals surface area (Å²) in [5, 5.41) is 11.5. The van der Waals surface area contributed by atoms with Crippen LogP contribution in [0.5, 0.6) is 0 Å². The summed E-state index contributed by atoms with van der Waals surface area (Å²) in [6, 6.07) is 0. The Balaban J connectivity index is 0.00000341. The second kappa shape index (κ2) is 13.7. The Morgan fingerprint density at radius 3 is 2.55 bits per heavy atom. The van der Waals surface area contributed by atoms with Crippen molar-refractivity contribution in [1.29, 1.82) is 0 Å². The number of rotatable bonds is 9. The van der Waals surface area contributed by atoms with Crippen LogP contribution >= 0.6 is 46.7 Å². The van der Waals surface area contributed by atoms with Crippen molar-refractivity contribution >= 4 is 52.6 Å². The highest BCUT2D eigenvalue weighted by Crippen LogP contribution is 2.20. The zero-order valence-electron chi connectivity index (χ0n) is 19.2. The molecule has 0 spiro atoms. The van der Waals surface area contributed by atoms with E-state index >= 15 is 0 Å². The third kappa shape index (κ3) is 8.58. The lowest BCUT2D eigenvalue weighted by Crippen LogP contribution is -2.39. The number of aromatic nitrogens is 2. The molecule has 3 heterocycles. The van der Waals surface area contributed by atoms with Gasteiger partial charge in [-0.1, -0.05) is 6.92 Å². The van der Waals surface area contributed by atoms with Gasteiger partial charge in [0.2, 0.25) is 0 Å². The number of thiazole rings is 2. The molecule has 1 fully saturated rings. The number of hydrogen-bond acceptors (Lipinski definition) is 6. The van der Waals surface area contributed by atoms with Crippen LogP contribution in [0.3, 0.4) is 0 Å². The van der Waals surface area contributed by atoms with E-state index in [1.54, 1.807) is 22.7 Å². The van der Waals surface area contributed by atoms with Crippen LogP contribution < -0.4 is 10.6 Å². The SMILES string of the molecule is CCNC(=NCC1CCN(Cc2csc(CC)n2)CC1)NCCc1nc(C)c(C)s1.I. The predicted octanol–water partition coefficient (Wildman–Crippen LogP) is 4.41. The number of aryl methyl sites for hydroxylation is 3. The van der Waals surface area contributed by atoms with Crippen molar-refractivity contribution in [1.82, 2.24) is 25.5 Å². The van der Waals surface area contributed by atoms with Gasteiger partial charge in [0.25, 0.3) is 0 Å². The molecule has 2 N–H and O–H groups in total. The maximum Gasteiger partial charge on any atom is 0.191 e. The van der Waals surface area contributed by atoms with E-state index in [1.807, 2.05) is 0 Å². The third-order valence-corrected chi connectivity index (χ3v) is 7.73. The van der Waals surface area contributed by atoms with Crippen LogP contribution in [0.15, 0.2) is 10.4 Å². The van der Waals surface area contributed by atoms with E-state index in [0.29, 0.717) is 5.92 Å². The number of piperidine rings is 1. The molecule has 0 amide bonds. The van der Waals surface area contributed by atoms with Gasteiger partial charge in [-0.25, -0.2) is 9.97 Å². The highest BCUT2D eigenvalue weighted by molar-refractivity contribution is 14.0. The van der Waals surface area contributed by atoms with Crippen molar-refractivity contribution in [3.63, 3.8) is 0 Å². The van der Waals surface area contributed by atoms with E-state index in [2.05, 4.69) is 53.6 Å². The quantitative estimate of drug-likeness (QED) is 0.263. The lowest BCUT2D eigenvalue weighted by atomic mass is 9.97. The fourth-order valence-corrected chi connectivity index (χ4v) is 5.31. The van der Waals surface area contributed by atoms with Crippen LogP contribution in [0, 0.1) is 19.8 Å². The van der Waals surface area contributed by atoms with E-state index in [0.717, 1.165) is 63.8 Å². The second-order valence-corrected chi connectivity index (χ2v) is 10.2. The second-order valence-electron chi connectivity index (χ2n) is 7.95. The minimum absolute atomic E-state index is 0. The van der Waals surface area contributed by atoms with Crippen LogP contribution in [0.25, 0.3) is 0 Å². The van der Waals surface area contributed by atoms with Crippen LogP contribution in [0.1, 0.15) is 53.0 Å². The van der Waals surface area contributed by atoms with Gasteiger partial charge in [0.1, 0.15) is 0 Å².